The van der Waals surface area contributed by atoms with Crippen LogP contribution in [0.15, 0.2) is 18.2 Å². The van der Waals surface area contributed by atoms with E-state index in [1.807, 2.05) is 12.1 Å². The van der Waals surface area contributed by atoms with Gasteiger partial charge < -0.3 is 15.3 Å². The van der Waals surface area contributed by atoms with Crippen LogP contribution in [0.2, 0.25) is 5.02 Å². The van der Waals surface area contributed by atoms with Crippen LogP contribution in [0.25, 0.3) is 11.0 Å². The predicted octanol–water partition coefficient (Wildman–Crippen LogP) is 1.84. The van der Waals surface area contributed by atoms with Gasteiger partial charge in [-0.15, -0.1) is 0 Å². The Balaban J connectivity index is 2.76. The maximum atomic E-state index is 10.9. The molecule has 0 bridgehead atoms. The molecule has 0 atom stereocenters. The first-order valence-electron chi connectivity index (χ1n) is 4.25. The van der Waals surface area contributed by atoms with Gasteiger partial charge in [-0.3, -0.25) is 4.79 Å². The Kier molecular flexibility index (Phi) is 2.50. The molecule has 4 nitrogen and oxygen atoms in total. The molecule has 0 saturated heterocycles. The summed E-state index contributed by atoms with van der Waals surface area (Å²) in [6.07, 6.45) is 0. The molecule has 3 N–H and O–H groups in total. The van der Waals surface area contributed by atoms with Gasteiger partial charge in [0.1, 0.15) is 6.54 Å². The SMILES string of the molecule is NC(=O)Cn1c(=S)[nH]c2cccc(Cl)c21. The number of amides is 1. The van der Waals surface area contributed by atoms with Crippen molar-refractivity contribution in [1.29, 1.82) is 0 Å². The van der Waals surface area contributed by atoms with Crippen LogP contribution in [-0.4, -0.2) is 15.5 Å². The van der Waals surface area contributed by atoms with Gasteiger partial charge in [0.2, 0.25) is 5.91 Å². The van der Waals surface area contributed by atoms with Crippen molar-refractivity contribution >= 4 is 40.8 Å². The molecule has 15 heavy (non-hydrogen) atoms. The van der Waals surface area contributed by atoms with E-state index in [-0.39, 0.29) is 6.54 Å². The number of fused-ring (bicyclic) bond motifs is 1. The van der Waals surface area contributed by atoms with Crippen LogP contribution >= 0.6 is 23.8 Å². The Hall–Kier alpha value is -1.33. The van der Waals surface area contributed by atoms with Crippen molar-refractivity contribution < 1.29 is 4.79 Å². The molecular formula is C9H8ClN3OS. The van der Waals surface area contributed by atoms with Gasteiger partial charge in [0.25, 0.3) is 0 Å². The van der Waals surface area contributed by atoms with Gasteiger partial charge in [0.15, 0.2) is 4.77 Å². The smallest absolute Gasteiger partial charge is 0.237 e. The summed E-state index contributed by atoms with van der Waals surface area (Å²) < 4.78 is 2.03. The molecule has 1 heterocycles. The van der Waals surface area contributed by atoms with Gasteiger partial charge in [-0.2, -0.15) is 0 Å². The number of imidazole rings is 1. The molecule has 1 aromatic carbocycles. The molecule has 2 aromatic rings. The number of carbonyl (C=O) groups excluding carboxylic acids is 1. The van der Waals surface area contributed by atoms with Gasteiger partial charge in [-0.25, -0.2) is 0 Å². The minimum atomic E-state index is -0.452. The third kappa shape index (κ3) is 1.75. The summed E-state index contributed by atoms with van der Waals surface area (Å²) in [5.74, 6) is -0.452. The van der Waals surface area contributed by atoms with Crippen molar-refractivity contribution in [3.63, 3.8) is 0 Å². The fourth-order valence-electron chi connectivity index (χ4n) is 1.48. The third-order valence-corrected chi connectivity index (χ3v) is 2.68. The second kappa shape index (κ2) is 3.67. The number of hydrogen-bond acceptors (Lipinski definition) is 2. The monoisotopic (exact) mass is 241 g/mol. The van der Waals surface area contributed by atoms with Gasteiger partial charge in [-0.1, -0.05) is 17.7 Å². The number of hydrogen-bond donors (Lipinski definition) is 2. The Morgan fingerprint density at radius 3 is 3.00 bits per heavy atom. The molecule has 0 saturated carbocycles. The summed E-state index contributed by atoms with van der Waals surface area (Å²) >= 11 is 11.1. The fraction of sp³-hybridized carbons (Fsp3) is 0.111. The molecular weight excluding hydrogens is 234 g/mol. The van der Waals surface area contributed by atoms with Crippen molar-refractivity contribution in [2.75, 3.05) is 0 Å². The average molecular weight is 242 g/mol. The number of para-hydroxylation sites is 1. The van der Waals surface area contributed by atoms with Crippen LogP contribution in [0.4, 0.5) is 0 Å². The lowest BCUT2D eigenvalue weighted by Crippen LogP contribution is -2.18. The van der Waals surface area contributed by atoms with Crippen LogP contribution in [0, 0.1) is 4.77 Å². The fourth-order valence-corrected chi connectivity index (χ4v) is 2.02. The molecule has 0 radical (unpaired) electrons. The van der Waals surface area contributed by atoms with Crippen LogP contribution in [0.3, 0.4) is 0 Å². The van der Waals surface area contributed by atoms with E-state index >= 15 is 0 Å². The summed E-state index contributed by atoms with van der Waals surface area (Å²) in [7, 11) is 0. The second-order valence-corrected chi connectivity index (χ2v) is 3.91. The largest absolute Gasteiger partial charge is 0.368 e. The molecule has 1 amide bonds. The number of aromatic amines is 1. The van der Waals surface area contributed by atoms with E-state index in [2.05, 4.69) is 4.98 Å². The first kappa shape index (κ1) is 10.2. The van der Waals surface area contributed by atoms with Crippen molar-refractivity contribution in [1.82, 2.24) is 9.55 Å². The van der Waals surface area contributed by atoms with E-state index in [0.29, 0.717) is 15.3 Å². The molecule has 0 aliphatic rings. The molecule has 2 rings (SSSR count). The summed E-state index contributed by atoms with van der Waals surface area (Å²) in [5.41, 5.74) is 6.64. The standard InChI is InChI=1S/C9H8ClN3OS/c10-5-2-1-3-6-8(5)13(4-7(11)14)9(15)12-6/h1-3H,4H2,(H2,11,14)(H,12,15). The number of aromatic nitrogens is 2. The lowest BCUT2D eigenvalue weighted by atomic mass is 10.3. The number of nitrogens with zero attached hydrogens (tertiary/aromatic N) is 1. The quantitative estimate of drug-likeness (QED) is 0.788. The Bertz CT molecular complexity index is 587. The Morgan fingerprint density at radius 1 is 1.60 bits per heavy atom. The molecule has 0 unspecified atom stereocenters. The molecule has 78 valence electrons. The molecule has 0 aliphatic heterocycles. The molecule has 0 fully saturated rings. The van der Waals surface area contributed by atoms with E-state index in [4.69, 9.17) is 29.6 Å². The van der Waals surface area contributed by atoms with E-state index in [9.17, 15) is 4.79 Å². The minimum Gasteiger partial charge on any atom is -0.368 e. The van der Waals surface area contributed by atoms with Crippen LogP contribution in [0.1, 0.15) is 0 Å². The normalized spacial score (nSPS) is 10.7. The topological polar surface area (TPSA) is 63.8 Å². The highest BCUT2D eigenvalue weighted by molar-refractivity contribution is 7.71. The van der Waals surface area contributed by atoms with Crippen molar-refractivity contribution in [3.05, 3.63) is 28.0 Å². The first-order valence-corrected chi connectivity index (χ1v) is 5.03. The van der Waals surface area contributed by atoms with Crippen LogP contribution in [-0.2, 0) is 11.3 Å². The van der Waals surface area contributed by atoms with Gasteiger partial charge in [0, 0.05) is 0 Å². The minimum absolute atomic E-state index is 0.0303. The lowest BCUT2D eigenvalue weighted by Gasteiger charge is -2.01. The summed E-state index contributed by atoms with van der Waals surface area (Å²) in [5, 5.41) is 0.543. The van der Waals surface area contributed by atoms with Gasteiger partial charge >= 0.3 is 0 Å². The Morgan fingerprint density at radius 2 is 2.33 bits per heavy atom. The maximum Gasteiger partial charge on any atom is 0.237 e. The number of benzene rings is 1. The number of carbonyl (C=O) groups is 1. The van der Waals surface area contributed by atoms with E-state index in [1.165, 1.54) is 0 Å². The van der Waals surface area contributed by atoms with Crippen molar-refractivity contribution in [2.45, 2.75) is 6.54 Å². The highest BCUT2D eigenvalue weighted by atomic mass is 35.5. The molecule has 0 aliphatic carbocycles. The zero-order valence-corrected chi connectivity index (χ0v) is 9.23. The lowest BCUT2D eigenvalue weighted by molar-refractivity contribution is -0.118. The Labute approximate surface area is 95.6 Å². The average Bonchev–Trinajstić information content (AvgIpc) is 2.43. The molecule has 1 aromatic heterocycles. The third-order valence-electron chi connectivity index (χ3n) is 2.06. The molecule has 6 heteroatoms. The maximum absolute atomic E-state index is 10.9. The summed E-state index contributed by atoms with van der Waals surface area (Å²) in [6.45, 7) is 0.0303. The van der Waals surface area contributed by atoms with E-state index in [0.717, 1.165) is 5.52 Å². The second-order valence-electron chi connectivity index (χ2n) is 3.12. The molecule has 0 spiro atoms. The zero-order chi connectivity index (χ0) is 11.0. The van der Waals surface area contributed by atoms with Gasteiger partial charge in [-0.05, 0) is 24.4 Å². The van der Waals surface area contributed by atoms with E-state index in [1.54, 1.807) is 10.6 Å². The summed E-state index contributed by atoms with van der Waals surface area (Å²) in [6, 6.07) is 5.39. The predicted molar refractivity (Wildman–Crippen MR) is 61.3 cm³/mol. The van der Waals surface area contributed by atoms with Crippen LogP contribution in [0.5, 0.6) is 0 Å². The number of nitrogens with two attached hydrogens (primary N) is 1. The number of primary amides is 1. The van der Waals surface area contributed by atoms with Crippen molar-refractivity contribution in [3.8, 4) is 0 Å². The van der Waals surface area contributed by atoms with Crippen molar-refractivity contribution in [2.24, 2.45) is 5.73 Å². The van der Waals surface area contributed by atoms with Gasteiger partial charge in [0.05, 0.1) is 16.1 Å². The first-order chi connectivity index (χ1) is 7.09. The van der Waals surface area contributed by atoms with E-state index < -0.39 is 5.91 Å². The number of H-pyrrole nitrogens is 1. The number of halogens is 1. The highest BCUT2D eigenvalue weighted by Crippen LogP contribution is 2.22. The zero-order valence-electron chi connectivity index (χ0n) is 7.66. The van der Waals surface area contributed by atoms with Crippen LogP contribution < -0.4 is 5.73 Å². The number of rotatable bonds is 2. The summed E-state index contributed by atoms with van der Waals surface area (Å²) in [4.78, 5) is 13.8. The number of nitrogens with one attached hydrogen (secondary N) is 1. The highest BCUT2D eigenvalue weighted by Gasteiger charge is 2.09.